The van der Waals surface area contributed by atoms with Gasteiger partial charge in [0.15, 0.2) is 5.78 Å². The van der Waals surface area contributed by atoms with Crippen LogP contribution in [0.2, 0.25) is 0 Å². The molecule has 1 N–H and O–H groups in total. The number of hydrogen-bond donors (Lipinski definition) is 1. The van der Waals surface area contributed by atoms with E-state index in [-0.39, 0.29) is 32.1 Å². The summed E-state index contributed by atoms with van der Waals surface area (Å²) in [6.07, 6.45) is 2.13. The second-order valence-corrected chi connectivity index (χ2v) is 4.63. The van der Waals surface area contributed by atoms with Gasteiger partial charge in [-0.15, -0.1) is 0 Å². The molecular weight excluding hydrogens is 232 g/mol. The number of ketones is 1. The van der Waals surface area contributed by atoms with Crippen LogP contribution in [0.5, 0.6) is 0 Å². The predicted molar refractivity (Wildman–Crippen MR) is 75.9 cm³/mol. The van der Waals surface area contributed by atoms with Gasteiger partial charge in [-0.25, -0.2) is 0 Å². The highest BCUT2D eigenvalue weighted by Crippen LogP contribution is 1.96. The molecule has 4 heteroatoms. The van der Waals surface area contributed by atoms with E-state index >= 15 is 0 Å². The van der Waals surface area contributed by atoms with E-state index in [1.807, 2.05) is 20.8 Å². The van der Waals surface area contributed by atoms with Crippen LogP contribution in [-0.4, -0.2) is 42.4 Å². The molecule has 0 aliphatic rings. The fourth-order valence-corrected chi connectivity index (χ4v) is 0.799. The largest absolute Gasteiger partial charge is 0.391 e. The van der Waals surface area contributed by atoms with Crippen LogP contribution in [-0.2, 0) is 14.3 Å². The van der Waals surface area contributed by atoms with Crippen molar-refractivity contribution in [2.75, 3.05) is 13.2 Å². The molecule has 0 fully saturated rings. The van der Waals surface area contributed by atoms with Gasteiger partial charge in [0, 0.05) is 1.43 Å². The van der Waals surface area contributed by atoms with Crippen molar-refractivity contribution in [3.63, 3.8) is 0 Å². The average molecular weight is 264 g/mol. The van der Waals surface area contributed by atoms with E-state index in [4.69, 9.17) is 14.6 Å². The predicted octanol–water partition coefficient (Wildman–Crippen LogP) is 2.82. The van der Waals surface area contributed by atoms with Gasteiger partial charge < -0.3 is 14.6 Å². The molecule has 112 valence electrons. The Hall–Kier alpha value is -0.450. The normalized spacial score (nSPS) is 15.3. The summed E-state index contributed by atoms with van der Waals surface area (Å²) >= 11 is 0. The number of carbonyl (C=O) groups excluding carboxylic acids is 1. The summed E-state index contributed by atoms with van der Waals surface area (Å²) in [5.41, 5.74) is 0. The van der Waals surface area contributed by atoms with E-state index in [1.165, 1.54) is 6.92 Å². The van der Waals surface area contributed by atoms with Gasteiger partial charge in [-0.1, -0.05) is 13.8 Å². The lowest BCUT2D eigenvalue weighted by Crippen LogP contribution is -2.16. The lowest BCUT2D eigenvalue weighted by atomic mass is 10.3. The highest BCUT2D eigenvalue weighted by molar-refractivity contribution is 5.76. The van der Waals surface area contributed by atoms with Gasteiger partial charge in [-0.3, -0.25) is 4.79 Å². The van der Waals surface area contributed by atoms with E-state index < -0.39 is 0 Å². The van der Waals surface area contributed by atoms with Crippen molar-refractivity contribution in [3.8, 4) is 0 Å². The smallest absolute Gasteiger partial charge is 0.155 e. The van der Waals surface area contributed by atoms with Crippen LogP contribution in [0.15, 0.2) is 0 Å². The molecule has 0 saturated heterocycles. The first-order valence-corrected chi connectivity index (χ1v) is 6.74. The molecule has 0 aromatic rings. The molecule has 3 unspecified atom stereocenters. The average Bonchev–Trinajstić information content (AvgIpc) is 2.33. The zero-order chi connectivity index (χ0) is 14.6. The first-order chi connectivity index (χ1) is 8.33. The van der Waals surface area contributed by atoms with Gasteiger partial charge in [0.25, 0.3) is 0 Å². The molecule has 3 atom stereocenters. The van der Waals surface area contributed by atoms with E-state index in [2.05, 4.69) is 6.92 Å². The van der Waals surface area contributed by atoms with E-state index in [1.54, 1.807) is 6.92 Å². The van der Waals surface area contributed by atoms with Crippen molar-refractivity contribution >= 4 is 5.78 Å². The Morgan fingerprint density at radius 3 is 1.89 bits per heavy atom. The first-order valence-electron chi connectivity index (χ1n) is 6.74. The van der Waals surface area contributed by atoms with Gasteiger partial charge >= 0.3 is 0 Å². The maximum absolute atomic E-state index is 10.3. The van der Waals surface area contributed by atoms with Crippen LogP contribution in [0.3, 0.4) is 0 Å². The second kappa shape index (κ2) is 13.0. The highest BCUT2D eigenvalue weighted by Gasteiger charge is 2.00. The second-order valence-electron chi connectivity index (χ2n) is 4.63. The summed E-state index contributed by atoms with van der Waals surface area (Å²) in [5, 5.41) is 8.77. The Morgan fingerprint density at radius 1 is 1.11 bits per heavy atom. The van der Waals surface area contributed by atoms with Gasteiger partial charge in [-0.05, 0) is 40.5 Å². The van der Waals surface area contributed by atoms with Crippen molar-refractivity contribution in [1.29, 1.82) is 0 Å². The van der Waals surface area contributed by atoms with Crippen molar-refractivity contribution < 1.29 is 20.8 Å². The summed E-state index contributed by atoms with van der Waals surface area (Å²) < 4.78 is 10.3. The molecule has 0 heterocycles. The zero-order valence-corrected chi connectivity index (χ0v) is 12.7. The number of ether oxygens (including phenoxy) is 2. The van der Waals surface area contributed by atoms with Crippen LogP contribution >= 0.6 is 0 Å². The maximum atomic E-state index is 10.3. The monoisotopic (exact) mass is 264 g/mol. The molecule has 0 bridgehead atoms. The zero-order valence-electron chi connectivity index (χ0n) is 12.7. The van der Waals surface area contributed by atoms with E-state index in [0.29, 0.717) is 6.61 Å². The minimum absolute atomic E-state index is 0. The molecule has 0 aliphatic carbocycles. The SMILES string of the molecule is CCC(C)OCC(C)=O.CCC(C)OCC(C)O.[HH]. The molecule has 0 rings (SSSR count). The molecule has 0 aromatic heterocycles. The summed E-state index contributed by atoms with van der Waals surface area (Å²) in [5.74, 6) is 0.0929. The molecule has 0 amide bonds. The number of aliphatic hydroxyl groups excluding tert-OH is 1. The van der Waals surface area contributed by atoms with Gasteiger partial charge in [-0.2, -0.15) is 0 Å². The summed E-state index contributed by atoms with van der Waals surface area (Å²) in [4.78, 5) is 10.3. The lowest BCUT2D eigenvalue weighted by Gasteiger charge is -2.11. The molecule has 0 radical (unpaired) electrons. The maximum Gasteiger partial charge on any atom is 0.155 e. The third kappa shape index (κ3) is 17.9. The molecule has 0 spiro atoms. The van der Waals surface area contributed by atoms with Crippen LogP contribution in [0.25, 0.3) is 0 Å². The third-order valence-corrected chi connectivity index (χ3v) is 2.34. The number of rotatable bonds is 8. The Bertz CT molecular complexity index is 198. The van der Waals surface area contributed by atoms with E-state index in [9.17, 15) is 4.79 Å². The standard InChI is InChI=1S/C7H16O2.C7H14O2.H2/c2*1-4-7(3)9-5-6(2)8;/h6-8H,4-5H2,1-3H3;7H,4-5H2,1-3H3;1H. The van der Waals surface area contributed by atoms with Gasteiger partial charge in [0.1, 0.15) is 6.61 Å². The highest BCUT2D eigenvalue weighted by atomic mass is 16.5. The number of carbonyl (C=O) groups is 1. The number of hydrogen-bond acceptors (Lipinski definition) is 4. The Morgan fingerprint density at radius 2 is 1.56 bits per heavy atom. The Balaban J connectivity index is -0.000000256. The Labute approximate surface area is 113 Å². The molecule has 0 aromatic carbocycles. The van der Waals surface area contributed by atoms with Crippen molar-refractivity contribution in [2.45, 2.75) is 72.7 Å². The van der Waals surface area contributed by atoms with Crippen LogP contribution in [0.1, 0.15) is 55.8 Å². The van der Waals surface area contributed by atoms with Crippen LogP contribution < -0.4 is 0 Å². The summed E-state index contributed by atoms with van der Waals surface area (Å²) in [6.45, 7) is 12.0. The quantitative estimate of drug-likeness (QED) is 0.732. The molecule has 0 aliphatic heterocycles. The molecule has 4 nitrogen and oxygen atoms in total. The van der Waals surface area contributed by atoms with Gasteiger partial charge in [0.05, 0.1) is 24.9 Å². The lowest BCUT2D eigenvalue weighted by molar-refractivity contribution is -0.123. The molecule has 0 saturated carbocycles. The first kappa shape index (κ1) is 19.9. The Kier molecular flexibility index (Phi) is 14.3. The summed E-state index contributed by atoms with van der Waals surface area (Å²) in [6, 6.07) is 0. The van der Waals surface area contributed by atoms with Crippen LogP contribution in [0.4, 0.5) is 0 Å². The fraction of sp³-hybridized carbons (Fsp3) is 0.929. The topological polar surface area (TPSA) is 55.8 Å². The van der Waals surface area contributed by atoms with Crippen molar-refractivity contribution in [2.24, 2.45) is 0 Å². The van der Waals surface area contributed by atoms with Crippen LogP contribution in [0, 0.1) is 0 Å². The third-order valence-electron chi connectivity index (χ3n) is 2.34. The minimum Gasteiger partial charge on any atom is -0.391 e. The van der Waals surface area contributed by atoms with E-state index in [0.717, 1.165) is 12.8 Å². The molecular formula is C14H32O4. The van der Waals surface area contributed by atoms with Crippen molar-refractivity contribution in [1.82, 2.24) is 0 Å². The minimum atomic E-state index is -0.334. The van der Waals surface area contributed by atoms with Gasteiger partial charge in [0.2, 0.25) is 0 Å². The number of Topliss-reactive ketones (excluding diaryl/α,β-unsaturated/α-hetero) is 1. The summed E-state index contributed by atoms with van der Waals surface area (Å²) in [7, 11) is 0. The number of aliphatic hydroxyl groups is 1. The fourth-order valence-electron chi connectivity index (χ4n) is 0.799. The molecule has 18 heavy (non-hydrogen) atoms. The van der Waals surface area contributed by atoms with Crippen molar-refractivity contribution in [3.05, 3.63) is 0 Å².